The van der Waals surface area contributed by atoms with Crippen molar-refractivity contribution in [2.45, 2.75) is 81.5 Å². The predicted molar refractivity (Wildman–Crippen MR) is 87.3 cm³/mol. The minimum atomic E-state index is -1.33. The van der Waals surface area contributed by atoms with Crippen LogP contribution in [0, 0.1) is 0 Å². The van der Waals surface area contributed by atoms with Crippen molar-refractivity contribution >= 4 is 11.8 Å². The van der Waals surface area contributed by atoms with E-state index >= 15 is 0 Å². The van der Waals surface area contributed by atoms with Gasteiger partial charge in [-0.2, -0.15) is 0 Å². The molecule has 7 heteroatoms. The average Bonchev–Trinajstić information content (AvgIpc) is 2.94. The second-order valence-electron chi connectivity index (χ2n) is 6.31. The lowest BCUT2D eigenvalue weighted by molar-refractivity contribution is -0.214. The number of thioether (sulfide) groups is 1. The summed E-state index contributed by atoms with van der Waals surface area (Å²) in [6.07, 6.45) is 2.60. The molecule has 6 nitrogen and oxygen atoms in total. The van der Waals surface area contributed by atoms with Gasteiger partial charge in [-0.15, -0.1) is 11.8 Å². The SMILES string of the molecule is CCCCCCCCNC1SC[C@@H]2[C@@H](O)[C@H](O)[C@@H](O)[C@H](O)N12. The number of hydrogen-bond donors (Lipinski definition) is 5. The van der Waals surface area contributed by atoms with E-state index in [0.29, 0.717) is 5.75 Å². The molecule has 2 fully saturated rings. The van der Waals surface area contributed by atoms with Crippen LogP contribution in [-0.4, -0.2) is 73.7 Å². The van der Waals surface area contributed by atoms with Crippen molar-refractivity contribution in [2.75, 3.05) is 12.3 Å². The Bertz CT molecular complexity index is 337. The number of nitrogens with zero attached hydrogens (tertiary/aromatic N) is 1. The molecule has 0 bridgehead atoms. The van der Waals surface area contributed by atoms with E-state index in [2.05, 4.69) is 12.2 Å². The summed E-state index contributed by atoms with van der Waals surface area (Å²) in [4.78, 5) is 1.70. The van der Waals surface area contributed by atoms with E-state index in [1.165, 1.54) is 32.1 Å². The van der Waals surface area contributed by atoms with Gasteiger partial charge in [0.15, 0.2) is 0 Å². The summed E-state index contributed by atoms with van der Waals surface area (Å²) in [5.74, 6) is 0.635. The molecule has 0 aliphatic carbocycles. The second kappa shape index (κ2) is 8.82. The van der Waals surface area contributed by atoms with Gasteiger partial charge in [0.1, 0.15) is 23.9 Å². The number of piperidine rings is 1. The Labute approximate surface area is 136 Å². The van der Waals surface area contributed by atoms with Crippen LogP contribution >= 0.6 is 11.8 Å². The summed E-state index contributed by atoms with van der Waals surface area (Å²) in [7, 11) is 0. The van der Waals surface area contributed by atoms with Gasteiger partial charge in [-0.3, -0.25) is 5.32 Å². The monoisotopic (exact) mass is 334 g/mol. The maximum atomic E-state index is 10.2. The number of hydrogen-bond acceptors (Lipinski definition) is 7. The molecule has 0 aromatic rings. The first-order chi connectivity index (χ1) is 10.6. The summed E-state index contributed by atoms with van der Waals surface area (Å²) in [5, 5.41) is 43.2. The maximum absolute atomic E-state index is 10.2. The van der Waals surface area contributed by atoms with Gasteiger partial charge in [-0.25, -0.2) is 4.90 Å². The maximum Gasteiger partial charge on any atom is 0.138 e. The summed E-state index contributed by atoms with van der Waals surface area (Å²) in [6.45, 7) is 3.06. The first-order valence-corrected chi connectivity index (χ1v) is 9.47. The summed E-state index contributed by atoms with van der Waals surface area (Å²) < 4.78 is 0. The van der Waals surface area contributed by atoms with Crippen LogP contribution in [0.3, 0.4) is 0 Å². The van der Waals surface area contributed by atoms with Crippen LogP contribution in [0.15, 0.2) is 0 Å². The largest absolute Gasteiger partial charge is 0.389 e. The Morgan fingerprint density at radius 2 is 1.64 bits per heavy atom. The molecular formula is C15H30N2O4S. The average molecular weight is 334 g/mol. The van der Waals surface area contributed by atoms with Gasteiger partial charge in [-0.05, 0) is 13.0 Å². The standard InChI is InChI=1S/C15H30N2O4S/c1-2-3-4-5-6-7-8-16-15-17-10(9-22-15)11(18)12(19)13(20)14(17)21/h10-16,18-21H,2-9H2,1H3/t10-,11-,12+,13-,14+,15?/m1/s1. The van der Waals surface area contributed by atoms with E-state index in [0.717, 1.165) is 13.0 Å². The number of aliphatic hydroxyl groups is 4. The molecular weight excluding hydrogens is 304 g/mol. The van der Waals surface area contributed by atoms with Gasteiger partial charge in [0.05, 0.1) is 12.1 Å². The zero-order valence-electron chi connectivity index (χ0n) is 13.3. The fourth-order valence-electron chi connectivity index (χ4n) is 3.22. The zero-order valence-corrected chi connectivity index (χ0v) is 14.1. The molecule has 1 unspecified atom stereocenters. The van der Waals surface area contributed by atoms with E-state index in [1.54, 1.807) is 16.7 Å². The van der Waals surface area contributed by atoms with E-state index in [-0.39, 0.29) is 11.5 Å². The van der Waals surface area contributed by atoms with Crippen LogP contribution in [-0.2, 0) is 0 Å². The first kappa shape index (κ1) is 18.4. The molecule has 5 N–H and O–H groups in total. The van der Waals surface area contributed by atoms with Crippen LogP contribution < -0.4 is 5.32 Å². The van der Waals surface area contributed by atoms with E-state index in [9.17, 15) is 20.4 Å². The van der Waals surface area contributed by atoms with Crippen molar-refractivity contribution in [3.63, 3.8) is 0 Å². The zero-order chi connectivity index (χ0) is 16.1. The summed E-state index contributed by atoms with van der Waals surface area (Å²) in [6, 6.07) is -0.319. The molecule has 6 atom stereocenters. The van der Waals surface area contributed by atoms with E-state index < -0.39 is 24.5 Å². The highest BCUT2D eigenvalue weighted by Crippen LogP contribution is 2.36. The Morgan fingerprint density at radius 1 is 0.955 bits per heavy atom. The van der Waals surface area contributed by atoms with Gasteiger partial charge in [0, 0.05) is 5.75 Å². The van der Waals surface area contributed by atoms with Gasteiger partial charge in [-0.1, -0.05) is 39.0 Å². The van der Waals surface area contributed by atoms with Crippen molar-refractivity contribution in [3.8, 4) is 0 Å². The Morgan fingerprint density at radius 3 is 2.36 bits per heavy atom. The number of fused-ring (bicyclic) bond motifs is 1. The quantitative estimate of drug-likeness (QED) is 0.400. The third-order valence-corrected chi connectivity index (χ3v) is 5.89. The van der Waals surface area contributed by atoms with Crippen molar-refractivity contribution in [1.82, 2.24) is 10.2 Å². The Balaban J connectivity index is 1.74. The van der Waals surface area contributed by atoms with Crippen molar-refractivity contribution in [3.05, 3.63) is 0 Å². The highest BCUT2D eigenvalue weighted by Gasteiger charge is 2.52. The molecule has 2 saturated heterocycles. The lowest BCUT2D eigenvalue weighted by Gasteiger charge is -2.45. The van der Waals surface area contributed by atoms with Crippen molar-refractivity contribution < 1.29 is 20.4 Å². The van der Waals surface area contributed by atoms with Gasteiger partial charge >= 0.3 is 0 Å². The summed E-state index contributed by atoms with van der Waals surface area (Å²) in [5.41, 5.74) is -0.118. The minimum absolute atomic E-state index is 0.118. The molecule has 0 spiro atoms. The molecule has 2 rings (SSSR count). The van der Waals surface area contributed by atoms with E-state index in [1.807, 2.05) is 0 Å². The molecule has 0 radical (unpaired) electrons. The van der Waals surface area contributed by atoms with Gasteiger partial charge in [0.2, 0.25) is 0 Å². The smallest absolute Gasteiger partial charge is 0.138 e. The first-order valence-electron chi connectivity index (χ1n) is 8.42. The van der Waals surface area contributed by atoms with Crippen LogP contribution in [0.25, 0.3) is 0 Å². The number of unbranched alkanes of at least 4 members (excludes halogenated alkanes) is 5. The molecule has 2 heterocycles. The third-order valence-electron chi connectivity index (χ3n) is 4.63. The Hall–Kier alpha value is 0.110. The fourth-order valence-corrected chi connectivity index (χ4v) is 4.66. The highest BCUT2D eigenvalue weighted by atomic mass is 32.2. The normalized spacial score (nSPS) is 39.1. The van der Waals surface area contributed by atoms with Crippen molar-refractivity contribution in [1.29, 1.82) is 0 Å². The molecule has 0 saturated carbocycles. The lowest BCUT2D eigenvalue weighted by atomic mass is 9.94. The molecule has 22 heavy (non-hydrogen) atoms. The van der Waals surface area contributed by atoms with Crippen LogP contribution in [0.2, 0.25) is 0 Å². The molecule has 0 aromatic carbocycles. The molecule has 130 valence electrons. The number of nitrogens with one attached hydrogen (secondary N) is 1. The van der Waals surface area contributed by atoms with Crippen LogP contribution in [0.4, 0.5) is 0 Å². The summed E-state index contributed by atoms with van der Waals surface area (Å²) >= 11 is 1.60. The minimum Gasteiger partial charge on any atom is -0.389 e. The molecule has 2 aliphatic rings. The number of aliphatic hydroxyl groups excluding tert-OH is 4. The second-order valence-corrected chi connectivity index (χ2v) is 7.42. The van der Waals surface area contributed by atoms with E-state index in [4.69, 9.17) is 0 Å². The predicted octanol–water partition coefficient (Wildman–Crippen LogP) is 0.0522. The van der Waals surface area contributed by atoms with Crippen molar-refractivity contribution in [2.24, 2.45) is 0 Å². The highest BCUT2D eigenvalue weighted by molar-refractivity contribution is 8.00. The molecule has 0 amide bonds. The molecule has 2 aliphatic heterocycles. The van der Waals surface area contributed by atoms with Crippen LogP contribution in [0.5, 0.6) is 0 Å². The van der Waals surface area contributed by atoms with Crippen LogP contribution in [0.1, 0.15) is 45.4 Å². The number of rotatable bonds is 8. The van der Waals surface area contributed by atoms with Gasteiger partial charge < -0.3 is 20.4 Å². The Kier molecular flexibility index (Phi) is 7.40. The third kappa shape index (κ3) is 4.14. The topological polar surface area (TPSA) is 96.2 Å². The molecule has 0 aromatic heterocycles. The van der Waals surface area contributed by atoms with Gasteiger partial charge in [0.25, 0.3) is 0 Å². The lowest BCUT2D eigenvalue weighted by Crippen LogP contribution is -2.67. The fraction of sp³-hybridized carbons (Fsp3) is 1.00.